The van der Waals surface area contributed by atoms with Crippen LogP contribution >= 0.6 is 0 Å². The molecule has 0 N–H and O–H groups in total. The summed E-state index contributed by atoms with van der Waals surface area (Å²) >= 11 is 0. The molecule has 0 atom stereocenters. The van der Waals surface area contributed by atoms with E-state index in [0.29, 0.717) is 12.2 Å². The first-order valence-corrected chi connectivity index (χ1v) is 6.01. The molecular formula is C11H15N5O. The topological polar surface area (TPSA) is 55.4 Å². The van der Waals surface area contributed by atoms with E-state index in [1.165, 1.54) is 22.0 Å². The molecule has 0 amide bonds. The third kappa shape index (κ3) is 1.60. The minimum absolute atomic E-state index is 0.163. The van der Waals surface area contributed by atoms with Crippen LogP contribution in [0.5, 0.6) is 0 Å². The number of nitrogens with zero attached hydrogens (tertiary/aromatic N) is 5. The summed E-state index contributed by atoms with van der Waals surface area (Å²) in [4.78, 5) is 14.1. The van der Waals surface area contributed by atoms with Crippen molar-refractivity contribution in [2.45, 2.75) is 26.3 Å². The van der Waals surface area contributed by atoms with Crippen LogP contribution in [-0.2, 0) is 6.54 Å². The van der Waals surface area contributed by atoms with Crippen LogP contribution in [0, 0.1) is 0 Å². The number of aryl methyl sites for hydroxylation is 1. The lowest BCUT2D eigenvalue weighted by Gasteiger charge is -2.15. The summed E-state index contributed by atoms with van der Waals surface area (Å²) in [5.41, 5.74) is 0.448. The van der Waals surface area contributed by atoms with Crippen LogP contribution in [0.2, 0.25) is 0 Å². The van der Waals surface area contributed by atoms with E-state index >= 15 is 0 Å². The van der Waals surface area contributed by atoms with Crippen LogP contribution in [-0.4, -0.2) is 32.5 Å². The molecule has 90 valence electrons. The van der Waals surface area contributed by atoms with E-state index in [9.17, 15) is 4.79 Å². The Balaban J connectivity index is 2.11. The van der Waals surface area contributed by atoms with Crippen molar-refractivity contribution >= 4 is 11.5 Å². The fourth-order valence-corrected chi connectivity index (χ4v) is 2.22. The minimum atomic E-state index is -0.163. The second kappa shape index (κ2) is 3.87. The molecule has 0 aliphatic carbocycles. The van der Waals surface area contributed by atoms with Gasteiger partial charge in [0.25, 0.3) is 0 Å². The molecule has 6 nitrogen and oxygen atoms in total. The van der Waals surface area contributed by atoms with Crippen molar-refractivity contribution in [2.24, 2.45) is 0 Å². The van der Waals surface area contributed by atoms with Gasteiger partial charge in [-0.1, -0.05) is 0 Å². The number of anilines is 1. The Hall–Kier alpha value is -1.85. The molecule has 2 aromatic heterocycles. The first kappa shape index (κ1) is 10.3. The SMILES string of the molecule is CCn1nc2ccc(N3CCCC3)nn2c1=O. The van der Waals surface area contributed by atoms with E-state index in [1.54, 1.807) is 0 Å². The van der Waals surface area contributed by atoms with Crippen LogP contribution in [0.25, 0.3) is 5.65 Å². The van der Waals surface area contributed by atoms with E-state index in [1.807, 2.05) is 19.1 Å². The second-order valence-corrected chi connectivity index (χ2v) is 4.25. The zero-order chi connectivity index (χ0) is 11.8. The fraction of sp³-hybridized carbons (Fsp3) is 0.545. The fourth-order valence-electron chi connectivity index (χ4n) is 2.22. The summed E-state index contributed by atoms with van der Waals surface area (Å²) in [5.74, 6) is 0.868. The number of hydrogen-bond donors (Lipinski definition) is 0. The van der Waals surface area contributed by atoms with Gasteiger partial charge < -0.3 is 4.90 Å². The highest BCUT2D eigenvalue weighted by Gasteiger charge is 2.15. The zero-order valence-electron chi connectivity index (χ0n) is 9.83. The molecule has 6 heteroatoms. The maximum Gasteiger partial charge on any atom is 0.367 e. The van der Waals surface area contributed by atoms with Gasteiger partial charge in [0.1, 0.15) is 5.82 Å². The quantitative estimate of drug-likeness (QED) is 0.758. The molecule has 0 unspecified atom stereocenters. The maximum atomic E-state index is 11.9. The molecule has 1 aliphatic heterocycles. The van der Waals surface area contributed by atoms with Crippen LogP contribution in [0.1, 0.15) is 19.8 Å². The van der Waals surface area contributed by atoms with Crippen LogP contribution in [0.3, 0.4) is 0 Å². The second-order valence-electron chi connectivity index (χ2n) is 4.25. The van der Waals surface area contributed by atoms with Crippen LogP contribution in [0.15, 0.2) is 16.9 Å². The number of rotatable bonds is 2. The molecule has 3 rings (SSSR count). The van der Waals surface area contributed by atoms with Gasteiger partial charge in [-0.05, 0) is 31.9 Å². The molecule has 1 fully saturated rings. The third-order valence-electron chi connectivity index (χ3n) is 3.16. The van der Waals surface area contributed by atoms with Crippen molar-refractivity contribution < 1.29 is 0 Å². The van der Waals surface area contributed by atoms with Crippen LogP contribution < -0.4 is 10.6 Å². The predicted octanol–water partition coefficient (Wildman–Crippen LogP) is 0.511. The minimum Gasteiger partial charge on any atom is -0.355 e. The smallest absolute Gasteiger partial charge is 0.355 e. The van der Waals surface area contributed by atoms with E-state index in [4.69, 9.17) is 0 Å². The van der Waals surface area contributed by atoms with Gasteiger partial charge in [-0.25, -0.2) is 9.48 Å². The van der Waals surface area contributed by atoms with Crippen LogP contribution in [0.4, 0.5) is 5.82 Å². The van der Waals surface area contributed by atoms with Crippen molar-refractivity contribution in [3.8, 4) is 0 Å². The summed E-state index contributed by atoms with van der Waals surface area (Å²) in [6.07, 6.45) is 2.39. The monoisotopic (exact) mass is 233 g/mol. The Bertz CT molecular complexity index is 593. The van der Waals surface area contributed by atoms with Crippen molar-refractivity contribution in [3.05, 3.63) is 22.6 Å². The lowest BCUT2D eigenvalue weighted by molar-refractivity contribution is 0.626. The molecule has 3 heterocycles. The van der Waals surface area contributed by atoms with Gasteiger partial charge in [0, 0.05) is 19.6 Å². The largest absolute Gasteiger partial charge is 0.367 e. The molecule has 1 aliphatic rings. The van der Waals surface area contributed by atoms with Gasteiger partial charge in [0.15, 0.2) is 5.65 Å². The molecule has 0 bridgehead atoms. The summed E-state index contributed by atoms with van der Waals surface area (Å²) in [7, 11) is 0. The Morgan fingerprint density at radius 1 is 1.24 bits per heavy atom. The molecule has 1 saturated heterocycles. The van der Waals surface area contributed by atoms with Crippen molar-refractivity contribution in [2.75, 3.05) is 18.0 Å². The molecule has 0 saturated carbocycles. The van der Waals surface area contributed by atoms with Gasteiger partial charge >= 0.3 is 5.69 Å². The molecule has 0 radical (unpaired) electrons. The number of aromatic nitrogens is 4. The molecular weight excluding hydrogens is 218 g/mol. The van der Waals surface area contributed by atoms with Gasteiger partial charge in [-0.15, -0.1) is 10.2 Å². The highest BCUT2D eigenvalue weighted by Crippen LogP contribution is 2.16. The summed E-state index contributed by atoms with van der Waals surface area (Å²) in [6.45, 7) is 4.51. The van der Waals surface area contributed by atoms with Gasteiger partial charge in [-0.2, -0.15) is 4.52 Å². The molecule has 0 aromatic carbocycles. The predicted molar refractivity (Wildman–Crippen MR) is 64.4 cm³/mol. The van der Waals surface area contributed by atoms with E-state index < -0.39 is 0 Å². The summed E-state index contributed by atoms with van der Waals surface area (Å²) in [5, 5.41) is 8.56. The third-order valence-corrected chi connectivity index (χ3v) is 3.16. The molecule has 0 spiro atoms. The van der Waals surface area contributed by atoms with Gasteiger partial charge in [-0.3, -0.25) is 0 Å². The van der Waals surface area contributed by atoms with Crippen molar-refractivity contribution in [1.82, 2.24) is 19.4 Å². The first-order valence-electron chi connectivity index (χ1n) is 6.01. The Labute approximate surface area is 98.5 Å². The Kier molecular flexibility index (Phi) is 2.35. The summed E-state index contributed by atoms with van der Waals surface area (Å²) in [6, 6.07) is 3.79. The summed E-state index contributed by atoms with van der Waals surface area (Å²) < 4.78 is 2.81. The van der Waals surface area contributed by atoms with Crippen molar-refractivity contribution in [1.29, 1.82) is 0 Å². The van der Waals surface area contributed by atoms with Gasteiger partial charge in [0.2, 0.25) is 0 Å². The normalized spacial score (nSPS) is 15.9. The van der Waals surface area contributed by atoms with Gasteiger partial charge in [0.05, 0.1) is 0 Å². The average molecular weight is 233 g/mol. The number of fused-ring (bicyclic) bond motifs is 1. The van der Waals surface area contributed by atoms with E-state index in [0.717, 1.165) is 18.9 Å². The van der Waals surface area contributed by atoms with E-state index in [2.05, 4.69) is 15.1 Å². The lowest BCUT2D eigenvalue weighted by Crippen LogP contribution is -2.24. The van der Waals surface area contributed by atoms with E-state index in [-0.39, 0.29) is 5.69 Å². The first-order chi connectivity index (χ1) is 8.29. The zero-order valence-corrected chi connectivity index (χ0v) is 9.83. The average Bonchev–Trinajstić information content (AvgIpc) is 2.97. The molecule has 2 aromatic rings. The highest BCUT2D eigenvalue weighted by molar-refractivity contribution is 5.45. The standard InChI is InChI=1S/C11H15N5O/c1-2-15-11(17)16-10(12-15)6-5-9(13-16)14-7-3-4-8-14/h5-6H,2-4,7-8H2,1H3. The highest BCUT2D eigenvalue weighted by atomic mass is 16.2. The van der Waals surface area contributed by atoms with Crippen molar-refractivity contribution in [3.63, 3.8) is 0 Å². The molecule has 17 heavy (non-hydrogen) atoms. The Morgan fingerprint density at radius 2 is 2.00 bits per heavy atom. The Morgan fingerprint density at radius 3 is 2.71 bits per heavy atom. The number of hydrogen-bond acceptors (Lipinski definition) is 4. The lowest BCUT2D eigenvalue weighted by atomic mass is 10.4. The maximum absolute atomic E-state index is 11.9.